The number of rotatable bonds is 6. The minimum Gasteiger partial charge on any atom is -0.338 e. The molecule has 0 saturated carbocycles. The van der Waals surface area contributed by atoms with Crippen molar-refractivity contribution in [3.05, 3.63) is 71.5 Å². The van der Waals surface area contributed by atoms with Crippen molar-refractivity contribution in [3.8, 4) is 0 Å². The van der Waals surface area contributed by atoms with E-state index in [1.807, 2.05) is 35.2 Å². The van der Waals surface area contributed by atoms with Crippen molar-refractivity contribution in [1.29, 1.82) is 0 Å². The zero-order chi connectivity index (χ0) is 18.2. The second kappa shape index (κ2) is 9.34. The Morgan fingerprint density at radius 2 is 1.62 bits per heavy atom. The van der Waals surface area contributed by atoms with Gasteiger partial charge in [-0.15, -0.1) is 0 Å². The summed E-state index contributed by atoms with van der Waals surface area (Å²) in [6.45, 7) is 4.57. The number of hydrogen-bond donors (Lipinski definition) is 1. The summed E-state index contributed by atoms with van der Waals surface area (Å²) in [5.41, 5.74) is 1.99. The maximum Gasteiger partial charge on any atom is 0.317 e. The van der Waals surface area contributed by atoms with Crippen LogP contribution in [0, 0.1) is 5.82 Å². The molecule has 1 aliphatic heterocycles. The first kappa shape index (κ1) is 18.4. The first-order chi connectivity index (χ1) is 12.7. The Hall–Kier alpha value is -2.40. The molecule has 2 aromatic carbocycles. The van der Waals surface area contributed by atoms with Crippen molar-refractivity contribution in [2.75, 3.05) is 39.3 Å². The molecular weight excluding hydrogens is 329 g/mol. The minimum atomic E-state index is -0.135. The summed E-state index contributed by atoms with van der Waals surface area (Å²) in [5.74, 6) is -0.135. The van der Waals surface area contributed by atoms with E-state index < -0.39 is 0 Å². The highest BCUT2D eigenvalue weighted by atomic mass is 19.1. The Bertz CT molecular complexity index is 699. The average Bonchev–Trinajstić information content (AvgIpc) is 2.68. The second-order valence-corrected chi connectivity index (χ2v) is 6.64. The molecule has 0 spiro atoms. The van der Waals surface area contributed by atoms with Gasteiger partial charge in [0, 0.05) is 39.3 Å². The number of benzene rings is 2. The molecule has 1 saturated heterocycles. The third kappa shape index (κ3) is 5.30. The Balaban J connectivity index is 1.35. The number of urea groups is 1. The molecule has 4 nitrogen and oxygen atoms in total. The van der Waals surface area contributed by atoms with Crippen molar-refractivity contribution in [1.82, 2.24) is 15.1 Å². The highest BCUT2D eigenvalue weighted by Crippen LogP contribution is 2.09. The Labute approximate surface area is 154 Å². The summed E-state index contributed by atoms with van der Waals surface area (Å²) in [4.78, 5) is 16.4. The fourth-order valence-corrected chi connectivity index (χ4v) is 3.22. The lowest BCUT2D eigenvalue weighted by Gasteiger charge is -2.34. The van der Waals surface area contributed by atoms with Gasteiger partial charge in [0.25, 0.3) is 0 Å². The fourth-order valence-electron chi connectivity index (χ4n) is 3.22. The Morgan fingerprint density at radius 3 is 2.35 bits per heavy atom. The third-order valence-corrected chi connectivity index (χ3v) is 4.85. The molecule has 1 fully saturated rings. The molecule has 0 atom stereocenters. The quantitative estimate of drug-likeness (QED) is 0.865. The highest BCUT2D eigenvalue weighted by molar-refractivity contribution is 5.74. The molecule has 1 heterocycles. The number of amides is 2. The molecule has 0 unspecified atom stereocenters. The maximum atomic E-state index is 13.7. The van der Waals surface area contributed by atoms with Crippen LogP contribution >= 0.6 is 0 Å². The van der Waals surface area contributed by atoms with Crippen molar-refractivity contribution in [2.45, 2.75) is 12.8 Å². The molecular formula is C21H26FN3O. The molecule has 0 radical (unpaired) electrons. The van der Waals surface area contributed by atoms with Crippen molar-refractivity contribution in [2.24, 2.45) is 0 Å². The van der Waals surface area contributed by atoms with E-state index in [-0.39, 0.29) is 11.8 Å². The van der Waals surface area contributed by atoms with Gasteiger partial charge in [-0.2, -0.15) is 0 Å². The maximum absolute atomic E-state index is 13.7. The van der Waals surface area contributed by atoms with Crippen LogP contribution in [0.1, 0.15) is 11.1 Å². The topological polar surface area (TPSA) is 35.6 Å². The van der Waals surface area contributed by atoms with Gasteiger partial charge < -0.3 is 10.2 Å². The van der Waals surface area contributed by atoms with Crippen LogP contribution in [0.4, 0.5) is 9.18 Å². The molecule has 1 N–H and O–H groups in total. The van der Waals surface area contributed by atoms with E-state index >= 15 is 0 Å². The van der Waals surface area contributed by atoms with Gasteiger partial charge in [0.1, 0.15) is 5.82 Å². The summed E-state index contributed by atoms with van der Waals surface area (Å²) < 4.78 is 13.7. The van der Waals surface area contributed by atoms with Crippen LogP contribution in [0.5, 0.6) is 0 Å². The van der Waals surface area contributed by atoms with Crippen molar-refractivity contribution >= 4 is 6.03 Å². The predicted molar refractivity (Wildman–Crippen MR) is 102 cm³/mol. The van der Waals surface area contributed by atoms with Crippen LogP contribution in [0.15, 0.2) is 54.6 Å². The number of hydrogen-bond acceptors (Lipinski definition) is 2. The highest BCUT2D eigenvalue weighted by Gasteiger charge is 2.20. The lowest BCUT2D eigenvalue weighted by atomic mass is 10.1. The summed E-state index contributed by atoms with van der Waals surface area (Å²) in [6.07, 6.45) is 1.55. The van der Waals surface area contributed by atoms with Gasteiger partial charge in [-0.3, -0.25) is 4.90 Å². The molecule has 2 aromatic rings. The molecule has 5 heteroatoms. The smallest absolute Gasteiger partial charge is 0.317 e. The number of piperazine rings is 1. The molecule has 138 valence electrons. The summed E-state index contributed by atoms with van der Waals surface area (Å²) in [7, 11) is 0. The molecule has 0 aromatic heterocycles. The van der Waals surface area contributed by atoms with Crippen LogP contribution in [-0.2, 0) is 12.8 Å². The molecule has 0 aliphatic carbocycles. The van der Waals surface area contributed by atoms with Gasteiger partial charge in [0.05, 0.1) is 0 Å². The van der Waals surface area contributed by atoms with Crippen LogP contribution < -0.4 is 5.32 Å². The first-order valence-corrected chi connectivity index (χ1v) is 9.25. The van der Waals surface area contributed by atoms with E-state index in [9.17, 15) is 9.18 Å². The normalized spacial score (nSPS) is 15.0. The van der Waals surface area contributed by atoms with Gasteiger partial charge in [-0.05, 0) is 30.0 Å². The van der Waals surface area contributed by atoms with Crippen LogP contribution in [0.25, 0.3) is 0 Å². The number of nitrogens with zero attached hydrogens (tertiary/aromatic N) is 2. The molecule has 0 bridgehead atoms. The van der Waals surface area contributed by atoms with Gasteiger partial charge in [-0.25, -0.2) is 9.18 Å². The third-order valence-electron chi connectivity index (χ3n) is 4.85. The predicted octanol–water partition coefficient (Wildman–Crippen LogP) is 2.94. The Morgan fingerprint density at radius 1 is 0.923 bits per heavy atom. The molecule has 26 heavy (non-hydrogen) atoms. The lowest BCUT2D eigenvalue weighted by Crippen LogP contribution is -2.52. The Kier molecular flexibility index (Phi) is 6.61. The van der Waals surface area contributed by atoms with Gasteiger partial charge in [-0.1, -0.05) is 48.5 Å². The van der Waals surface area contributed by atoms with E-state index in [0.29, 0.717) is 26.1 Å². The van der Waals surface area contributed by atoms with Crippen molar-refractivity contribution in [3.63, 3.8) is 0 Å². The number of nitrogens with one attached hydrogen (secondary N) is 1. The second-order valence-electron chi connectivity index (χ2n) is 6.64. The van der Waals surface area contributed by atoms with E-state index in [4.69, 9.17) is 0 Å². The van der Waals surface area contributed by atoms with Gasteiger partial charge in [0.15, 0.2) is 0 Å². The van der Waals surface area contributed by atoms with E-state index in [0.717, 1.165) is 31.6 Å². The van der Waals surface area contributed by atoms with Crippen LogP contribution in [0.3, 0.4) is 0 Å². The molecule has 2 amide bonds. The van der Waals surface area contributed by atoms with Gasteiger partial charge >= 0.3 is 6.03 Å². The molecule has 3 rings (SSSR count). The molecule has 1 aliphatic rings. The van der Waals surface area contributed by atoms with E-state index in [1.54, 1.807) is 6.07 Å². The van der Waals surface area contributed by atoms with Crippen LogP contribution in [0.2, 0.25) is 0 Å². The monoisotopic (exact) mass is 355 g/mol. The van der Waals surface area contributed by atoms with Crippen LogP contribution in [-0.4, -0.2) is 55.1 Å². The average molecular weight is 355 g/mol. The summed E-state index contributed by atoms with van der Waals surface area (Å²) >= 11 is 0. The largest absolute Gasteiger partial charge is 0.338 e. The standard InChI is InChI=1S/C21H26FN3O/c22-20-9-5-4-8-19(20)11-13-24-14-16-25(17-15-24)21(26)23-12-10-18-6-2-1-3-7-18/h1-9H,10-17H2,(H,23,26). The van der Waals surface area contributed by atoms with Gasteiger partial charge in [0.2, 0.25) is 0 Å². The SMILES string of the molecule is O=C(NCCc1ccccc1)N1CCN(CCc2ccccc2F)CC1. The number of carbonyl (C=O) groups is 1. The number of carbonyl (C=O) groups excluding carboxylic acids is 1. The number of halogens is 1. The lowest BCUT2D eigenvalue weighted by molar-refractivity contribution is 0.140. The van der Waals surface area contributed by atoms with Crippen molar-refractivity contribution < 1.29 is 9.18 Å². The summed E-state index contributed by atoms with van der Waals surface area (Å²) in [6, 6.07) is 17.1. The summed E-state index contributed by atoms with van der Waals surface area (Å²) in [5, 5.41) is 3.00. The first-order valence-electron chi connectivity index (χ1n) is 9.25. The zero-order valence-electron chi connectivity index (χ0n) is 15.0. The van der Waals surface area contributed by atoms with E-state index in [1.165, 1.54) is 11.6 Å². The fraction of sp³-hybridized carbons (Fsp3) is 0.381. The minimum absolute atomic E-state index is 0.00897. The van der Waals surface area contributed by atoms with E-state index in [2.05, 4.69) is 22.3 Å². The zero-order valence-corrected chi connectivity index (χ0v) is 15.0.